The van der Waals surface area contributed by atoms with E-state index >= 15 is 0 Å². The Bertz CT molecular complexity index is 612. The molecule has 0 saturated heterocycles. The number of benzene rings is 1. The highest BCUT2D eigenvalue weighted by atomic mass is 16.6. The zero-order valence-corrected chi connectivity index (χ0v) is 9.73. The van der Waals surface area contributed by atoms with E-state index in [0.29, 0.717) is 0 Å². The van der Waals surface area contributed by atoms with E-state index in [1.807, 2.05) is 12.1 Å². The summed E-state index contributed by atoms with van der Waals surface area (Å²) in [5.41, 5.74) is 7.20. The van der Waals surface area contributed by atoms with Gasteiger partial charge in [-0.2, -0.15) is 0 Å². The van der Waals surface area contributed by atoms with E-state index in [1.165, 1.54) is 0 Å². The molecule has 0 aromatic heterocycles. The number of nitrogens with one attached hydrogen (secondary N) is 1. The Balaban J connectivity index is 1.89. The van der Waals surface area contributed by atoms with Gasteiger partial charge in [0.1, 0.15) is 17.1 Å². The number of anilines is 2. The largest absolute Gasteiger partial charge is 0.497 e. The van der Waals surface area contributed by atoms with Crippen LogP contribution in [0.25, 0.3) is 0 Å². The topological polar surface area (TPSA) is 90.7 Å². The summed E-state index contributed by atoms with van der Waals surface area (Å²) < 4.78 is 5.02. The standard InChI is InChI=1S/C12H12N2O4/c1-17-8-4-2-7(3-5-8)6-18-14-10-9(13)11(15)12(10)16/h2-5,14H,6,13H2,1H3. The van der Waals surface area contributed by atoms with Gasteiger partial charge < -0.3 is 10.5 Å². The van der Waals surface area contributed by atoms with Gasteiger partial charge in [0.25, 0.3) is 10.9 Å². The summed E-state index contributed by atoms with van der Waals surface area (Å²) in [7, 11) is 1.58. The van der Waals surface area contributed by atoms with Gasteiger partial charge in [-0.3, -0.25) is 19.9 Å². The van der Waals surface area contributed by atoms with Crippen LogP contribution in [0.5, 0.6) is 5.75 Å². The van der Waals surface area contributed by atoms with Crippen molar-refractivity contribution in [3.05, 3.63) is 50.3 Å². The first-order valence-corrected chi connectivity index (χ1v) is 5.23. The van der Waals surface area contributed by atoms with Crippen LogP contribution in [0.15, 0.2) is 33.9 Å². The predicted octanol–water partition coefficient (Wildman–Crippen LogP) is 0.417. The van der Waals surface area contributed by atoms with Crippen LogP contribution < -0.4 is 26.8 Å². The second-order valence-corrected chi connectivity index (χ2v) is 3.69. The van der Waals surface area contributed by atoms with Crippen molar-refractivity contribution >= 4 is 11.4 Å². The van der Waals surface area contributed by atoms with Gasteiger partial charge in [-0.25, -0.2) is 0 Å². The third-order valence-corrected chi connectivity index (χ3v) is 2.52. The number of nitrogens with two attached hydrogens (primary N) is 1. The molecular formula is C12H12N2O4. The minimum atomic E-state index is -0.675. The van der Waals surface area contributed by atoms with Crippen molar-refractivity contribution in [1.29, 1.82) is 0 Å². The molecule has 0 radical (unpaired) electrons. The number of hydrogen-bond donors (Lipinski definition) is 2. The molecule has 0 aliphatic rings. The first-order valence-electron chi connectivity index (χ1n) is 5.23. The van der Waals surface area contributed by atoms with Crippen LogP contribution in [0.1, 0.15) is 5.56 Å². The second kappa shape index (κ2) is 4.89. The molecule has 0 aliphatic carbocycles. The molecule has 0 unspecified atom stereocenters. The SMILES string of the molecule is COc1ccc(CONc2c(N)c(=O)c2=O)cc1. The van der Waals surface area contributed by atoms with Crippen molar-refractivity contribution in [3.63, 3.8) is 0 Å². The van der Waals surface area contributed by atoms with Gasteiger partial charge in [-0.15, -0.1) is 0 Å². The number of hydrogen-bond acceptors (Lipinski definition) is 6. The van der Waals surface area contributed by atoms with Crippen LogP contribution in [-0.4, -0.2) is 7.11 Å². The second-order valence-electron chi connectivity index (χ2n) is 3.69. The van der Waals surface area contributed by atoms with Gasteiger partial charge >= 0.3 is 0 Å². The fourth-order valence-corrected chi connectivity index (χ4v) is 1.42. The quantitative estimate of drug-likeness (QED) is 0.588. The van der Waals surface area contributed by atoms with Gasteiger partial charge in [0.05, 0.1) is 13.7 Å². The highest BCUT2D eigenvalue weighted by Crippen LogP contribution is 2.13. The van der Waals surface area contributed by atoms with E-state index in [2.05, 4.69) is 5.48 Å². The molecule has 0 atom stereocenters. The average Bonchev–Trinajstić information content (AvgIpc) is 2.43. The van der Waals surface area contributed by atoms with E-state index in [4.69, 9.17) is 15.3 Å². The number of ether oxygens (including phenoxy) is 1. The van der Waals surface area contributed by atoms with Gasteiger partial charge in [-0.1, -0.05) is 12.1 Å². The molecule has 0 amide bonds. The third kappa shape index (κ3) is 2.18. The molecule has 2 aromatic carbocycles. The summed E-state index contributed by atoms with van der Waals surface area (Å²) in [6.45, 7) is 0.238. The Morgan fingerprint density at radius 3 is 2.39 bits per heavy atom. The first kappa shape index (κ1) is 12.1. The summed E-state index contributed by atoms with van der Waals surface area (Å²) in [5, 5.41) is 0. The molecule has 0 fully saturated rings. The number of methoxy groups -OCH3 is 1. The fourth-order valence-electron chi connectivity index (χ4n) is 1.42. The van der Waals surface area contributed by atoms with Gasteiger partial charge in [0, 0.05) is 0 Å². The summed E-state index contributed by atoms with van der Waals surface area (Å²) in [6.07, 6.45) is 0. The van der Waals surface area contributed by atoms with Crippen molar-refractivity contribution in [2.45, 2.75) is 6.61 Å². The van der Waals surface area contributed by atoms with Crippen LogP contribution in [0.2, 0.25) is 0 Å². The molecule has 0 bridgehead atoms. The highest BCUT2D eigenvalue weighted by molar-refractivity contribution is 5.70. The molecule has 0 heterocycles. The number of rotatable bonds is 5. The summed E-state index contributed by atoms with van der Waals surface area (Å²) in [5.74, 6) is 0.749. The average molecular weight is 248 g/mol. The zero-order chi connectivity index (χ0) is 13.1. The fraction of sp³-hybridized carbons (Fsp3) is 0.167. The summed E-state index contributed by atoms with van der Waals surface area (Å²) in [6, 6.07) is 7.24. The van der Waals surface area contributed by atoms with Crippen LogP contribution in [0, 0.1) is 0 Å². The lowest BCUT2D eigenvalue weighted by Gasteiger charge is -2.10. The minimum Gasteiger partial charge on any atom is -0.497 e. The van der Waals surface area contributed by atoms with Crippen LogP contribution in [0.4, 0.5) is 11.4 Å². The van der Waals surface area contributed by atoms with Crippen molar-refractivity contribution < 1.29 is 9.57 Å². The van der Waals surface area contributed by atoms with Crippen LogP contribution in [-0.2, 0) is 11.4 Å². The maximum atomic E-state index is 11.1. The van der Waals surface area contributed by atoms with Gasteiger partial charge in [-0.05, 0) is 17.7 Å². The van der Waals surface area contributed by atoms with Crippen molar-refractivity contribution in [3.8, 4) is 5.75 Å². The normalized spacial score (nSPS) is 10.5. The van der Waals surface area contributed by atoms with E-state index in [9.17, 15) is 9.59 Å². The molecule has 18 heavy (non-hydrogen) atoms. The third-order valence-electron chi connectivity index (χ3n) is 2.52. The molecule has 94 valence electrons. The lowest BCUT2D eigenvalue weighted by molar-refractivity contribution is 0.179. The first-order chi connectivity index (χ1) is 8.63. The Morgan fingerprint density at radius 1 is 1.17 bits per heavy atom. The Morgan fingerprint density at radius 2 is 1.83 bits per heavy atom. The molecule has 0 spiro atoms. The molecule has 3 N–H and O–H groups in total. The van der Waals surface area contributed by atoms with E-state index in [1.54, 1.807) is 19.2 Å². The molecule has 0 saturated carbocycles. The lowest BCUT2D eigenvalue weighted by Crippen LogP contribution is -2.37. The molecular weight excluding hydrogens is 236 g/mol. The van der Waals surface area contributed by atoms with E-state index < -0.39 is 10.9 Å². The molecule has 2 aromatic rings. The Labute approximate surface area is 103 Å². The van der Waals surface area contributed by atoms with Crippen molar-refractivity contribution in [1.82, 2.24) is 0 Å². The van der Waals surface area contributed by atoms with Crippen LogP contribution >= 0.6 is 0 Å². The van der Waals surface area contributed by atoms with Crippen molar-refractivity contribution in [2.24, 2.45) is 0 Å². The van der Waals surface area contributed by atoms with Gasteiger partial charge in [0.2, 0.25) is 0 Å². The van der Waals surface area contributed by atoms with Crippen molar-refractivity contribution in [2.75, 3.05) is 18.3 Å². The van der Waals surface area contributed by atoms with Crippen LogP contribution in [0.3, 0.4) is 0 Å². The molecule has 0 aliphatic heterocycles. The summed E-state index contributed by atoms with van der Waals surface area (Å²) >= 11 is 0. The lowest BCUT2D eigenvalue weighted by atomic mass is 10.2. The monoisotopic (exact) mass is 248 g/mol. The van der Waals surface area contributed by atoms with E-state index in [-0.39, 0.29) is 18.0 Å². The molecule has 6 heteroatoms. The maximum absolute atomic E-state index is 11.1. The molecule has 6 nitrogen and oxygen atoms in total. The minimum absolute atomic E-state index is 0.0218. The highest BCUT2D eigenvalue weighted by Gasteiger charge is 2.17. The van der Waals surface area contributed by atoms with Gasteiger partial charge in [0.15, 0.2) is 0 Å². The predicted molar refractivity (Wildman–Crippen MR) is 67.2 cm³/mol. The number of nitrogen functional groups attached to an aromatic ring is 1. The smallest absolute Gasteiger partial charge is 0.255 e. The molecule has 2 rings (SSSR count). The zero-order valence-electron chi connectivity index (χ0n) is 9.73. The maximum Gasteiger partial charge on any atom is 0.255 e. The Kier molecular flexibility index (Phi) is 3.29. The summed E-state index contributed by atoms with van der Waals surface area (Å²) in [4.78, 5) is 27.0. The Hall–Kier alpha value is -2.34. The van der Waals surface area contributed by atoms with E-state index in [0.717, 1.165) is 11.3 Å².